The maximum atomic E-state index is 11.9. The molecule has 1 saturated carbocycles. The van der Waals surface area contributed by atoms with Crippen LogP contribution in [0.25, 0.3) is 0 Å². The molecule has 127 valence electrons. The molecule has 1 aliphatic rings. The number of anilines is 1. The third-order valence-corrected chi connectivity index (χ3v) is 4.57. The first kappa shape index (κ1) is 16.9. The summed E-state index contributed by atoms with van der Waals surface area (Å²) < 4.78 is 5.88. The summed E-state index contributed by atoms with van der Waals surface area (Å²) in [4.78, 5) is 27.4. The zero-order valence-corrected chi connectivity index (χ0v) is 14.2. The summed E-state index contributed by atoms with van der Waals surface area (Å²) in [6, 6.07) is 8.80. The van der Waals surface area contributed by atoms with Crippen molar-refractivity contribution in [1.29, 1.82) is 5.26 Å². The van der Waals surface area contributed by atoms with Gasteiger partial charge in [0, 0.05) is 5.92 Å². The summed E-state index contributed by atoms with van der Waals surface area (Å²) in [7, 11) is 0. The number of primary amides is 1. The molecular formula is C17H15N4O3S. The maximum Gasteiger partial charge on any atom is 0.243 e. The molecule has 0 spiro atoms. The van der Waals surface area contributed by atoms with Gasteiger partial charge in [-0.15, -0.1) is 0 Å². The second kappa shape index (κ2) is 6.91. The molecule has 1 aliphatic carbocycles. The first-order chi connectivity index (χ1) is 12.0. The number of carbonyl (C=O) groups is 2. The molecule has 8 heteroatoms. The van der Waals surface area contributed by atoms with E-state index in [4.69, 9.17) is 15.7 Å². The molecule has 0 unspecified atom stereocenters. The van der Waals surface area contributed by atoms with E-state index in [9.17, 15) is 9.59 Å². The third kappa shape index (κ3) is 3.95. The second-order valence-electron chi connectivity index (χ2n) is 5.65. The number of aromatic nitrogens is 1. The fourth-order valence-electron chi connectivity index (χ4n) is 2.07. The van der Waals surface area contributed by atoms with Crippen molar-refractivity contribution in [3.05, 3.63) is 41.4 Å². The number of amides is 2. The van der Waals surface area contributed by atoms with E-state index in [1.54, 1.807) is 24.3 Å². The van der Waals surface area contributed by atoms with Crippen LogP contribution in [0.5, 0.6) is 10.8 Å². The molecule has 1 heterocycles. The predicted molar refractivity (Wildman–Crippen MR) is 92.1 cm³/mol. The largest absolute Gasteiger partial charge is 0.445 e. The number of hydrogen-bond acceptors (Lipinski definition) is 6. The first-order valence-corrected chi connectivity index (χ1v) is 8.43. The molecule has 25 heavy (non-hydrogen) atoms. The quantitative estimate of drug-likeness (QED) is 0.772. The van der Waals surface area contributed by atoms with Crippen molar-refractivity contribution in [3.63, 3.8) is 0 Å². The van der Waals surface area contributed by atoms with Crippen molar-refractivity contribution < 1.29 is 14.3 Å². The van der Waals surface area contributed by atoms with E-state index < -0.39 is 11.8 Å². The fraction of sp³-hybridized carbons (Fsp3) is 0.235. The van der Waals surface area contributed by atoms with Crippen LogP contribution in [-0.2, 0) is 9.59 Å². The Morgan fingerprint density at radius 3 is 2.60 bits per heavy atom. The Morgan fingerprint density at radius 1 is 1.36 bits per heavy atom. The highest BCUT2D eigenvalue weighted by atomic mass is 32.1. The van der Waals surface area contributed by atoms with Crippen molar-refractivity contribution in [2.75, 3.05) is 5.32 Å². The Bertz CT molecular complexity index is 850. The lowest BCUT2D eigenvalue weighted by atomic mass is 10.1. The fourth-order valence-corrected chi connectivity index (χ4v) is 2.98. The van der Waals surface area contributed by atoms with Crippen LogP contribution >= 0.6 is 11.3 Å². The smallest absolute Gasteiger partial charge is 0.243 e. The Labute approximate surface area is 148 Å². The van der Waals surface area contributed by atoms with E-state index in [-0.39, 0.29) is 5.92 Å². The average Bonchev–Trinajstić information content (AvgIpc) is 3.37. The van der Waals surface area contributed by atoms with Gasteiger partial charge >= 0.3 is 0 Å². The zero-order chi connectivity index (χ0) is 18.0. The summed E-state index contributed by atoms with van der Waals surface area (Å²) in [5, 5.41) is 12.4. The molecule has 1 radical (unpaired) electrons. The van der Waals surface area contributed by atoms with Gasteiger partial charge in [-0.1, -0.05) is 11.3 Å². The van der Waals surface area contributed by atoms with Gasteiger partial charge in [-0.2, -0.15) is 5.26 Å². The summed E-state index contributed by atoms with van der Waals surface area (Å²) in [6.45, 7) is 1.36. The summed E-state index contributed by atoms with van der Waals surface area (Å²) in [5.41, 5.74) is 6.45. The van der Waals surface area contributed by atoms with Gasteiger partial charge < -0.3 is 15.8 Å². The molecule has 7 nitrogen and oxygen atoms in total. The van der Waals surface area contributed by atoms with E-state index in [0.29, 0.717) is 27.4 Å². The molecule has 1 aromatic carbocycles. The molecule has 0 aliphatic heterocycles. The third-order valence-electron chi connectivity index (χ3n) is 3.71. The van der Waals surface area contributed by atoms with Crippen molar-refractivity contribution >= 4 is 28.3 Å². The van der Waals surface area contributed by atoms with Crippen LogP contribution in [0.2, 0.25) is 0 Å². The van der Waals surface area contributed by atoms with Crippen LogP contribution in [0.4, 0.5) is 5.13 Å². The van der Waals surface area contributed by atoms with E-state index in [0.717, 1.165) is 18.5 Å². The minimum atomic E-state index is -0.773. The Balaban J connectivity index is 1.79. The van der Waals surface area contributed by atoms with Crippen molar-refractivity contribution in [3.8, 4) is 16.9 Å². The maximum absolute atomic E-state index is 11.9. The molecule has 0 bridgehead atoms. The molecule has 3 N–H and O–H groups in total. The van der Waals surface area contributed by atoms with Gasteiger partial charge in [-0.25, -0.2) is 4.98 Å². The summed E-state index contributed by atoms with van der Waals surface area (Å²) in [6.07, 6.45) is 2.04. The number of carbonyl (C=O) groups excluding carboxylic acids is 2. The molecule has 3 rings (SSSR count). The number of rotatable bonds is 6. The molecule has 2 aromatic rings. The Morgan fingerprint density at radius 2 is 2.04 bits per heavy atom. The summed E-state index contributed by atoms with van der Waals surface area (Å²) in [5.74, 6) is -0.532. The highest BCUT2D eigenvalue weighted by Crippen LogP contribution is 2.48. The van der Waals surface area contributed by atoms with Gasteiger partial charge in [0.05, 0.1) is 11.6 Å². The van der Waals surface area contributed by atoms with E-state index in [2.05, 4.69) is 16.4 Å². The lowest BCUT2D eigenvalue weighted by Crippen LogP contribution is -2.30. The highest BCUT2D eigenvalue weighted by molar-refractivity contribution is 7.17. The van der Waals surface area contributed by atoms with Gasteiger partial charge in [0.25, 0.3) is 0 Å². The number of benzene rings is 1. The van der Waals surface area contributed by atoms with Crippen molar-refractivity contribution in [1.82, 2.24) is 4.98 Å². The number of ether oxygens (including phenoxy) is 1. The van der Waals surface area contributed by atoms with Crippen LogP contribution < -0.4 is 15.8 Å². The number of nitriles is 1. The van der Waals surface area contributed by atoms with Gasteiger partial charge in [-0.3, -0.25) is 9.59 Å². The standard InChI is InChI=1S/C17H15N4O3S/c1-9(14(19)22)15(23)21-17-20-13(11-4-5-11)16(25-17)24-12-6-2-10(8-18)3-7-12/h2-3,6-7,11H,4-5H2,1H3,(H2,19,22)(H,20,21,23). The van der Waals surface area contributed by atoms with E-state index in [1.807, 2.05) is 0 Å². The minimum Gasteiger partial charge on any atom is -0.445 e. The predicted octanol–water partition coefficient (Wildman–Crippen LogP) is 2.70. The molecule has 2 amide bonds. The van der Waals surface area contributed by atoms with Crippen LogP contribution in [0.3, 0.4) is 0 Å². The highest BCUT2D eigenvalue weighted by Gasteiger charge is 2.32. The Kier molecular flexibility index (Phi) is 4.67. The van der Waals surface area contributed by atoms with Crippen LogP contribution in [0.1, 0.15) is 36.9 Å². The van der Waals surface area contributed by atoms with Crippen LogP contribution in [0, 0.1) is 17.2 Å². The topological polar surface area (TPSA) is 118 Å². The molecule has 1 aromatic heterocycles. The minimum absolute atomic E-state index is 0.0854. The number of nitrogens with one attached hydrogen (secondary N) is 1. The lowest BCUT2D eigenvalue weighted by Gasteiger charge is -2.05. The van der Waals surface area contributed by atoms with Crippen LogP contribution in [-0.4, -0.2) is 16.8 Å². The number of nitrogens with zero attached hydrogens (tertiary/aromatic N) is 2. The average molecular weight is 355 g/mol. The van der Waals surface area contributed by atoms with Gasteiger partial charge in [0.1, 0.15) is 17.4 Å². The number of thiazole rings is 1. The van der Waals surface area contributed by atoms with Crippen molar-refractivity contribution in [2.45, 2.75) is 25.7 Å². The van der Waals surface area contributed by atoms with Crippen molar-refractivity contribution in [2.24, 2.45) is 5.73 Å². The molecule has 1 fully saturated rings. The normalized spacial score (nSPS) is 13.3. The van der Waals surface area contributed by atoms with Gasteiger partial charge in [0.15, 0.2) is 5.13 Å². The molecule has 0 atom stereocenters. The van der Waals surface area contributed by atoms with E-state index >= 15 is 0 Å². The van der Waals surface area contributed by atoms with E-state index in [1.165, 1.54) is 18.3 Å². The molecular weight excluding hydrogens is 340 g/mol. The number of hydrogen-bond donors (Lipinski definition) is 2. The lowest BCUT2D eigenvalue weighted by molar-refractivity contribution is -0.122. The zero-order valence-electron chi connectivity index (χ0n) is 13.4. The van der Waals surface area contributed by atoms with Gasteiger partial charge in [-0.05, 0) is 44.0 Å². The van der Waals surface area contributed by atoms with Crippen LogP contribution in [0.15, 0.2) is 24.3 Å². The SMILES string of the molecule is C[C](C(N)=O)C(=O)Nc1nc(C2CC2)c(Oc2ccc(C#N)cc2)s1. The number of nitrogens with two attached hydrogens (primary N) is 1. The Hall–Kier alpha value is -2.92. The monoisotopic (exact) mass is 355 g/mol. The first-order valence-electron chi connectivity index (χ1n) is 7.61. The molecule has 0 saturated heterocycles. The van der Waals surface area contributed by atoms with Gasteiger partial charge in [0.2, 0.25) is 16.9 Å². The second-order valence-corrected chi connectivity index (χ2v) is 6.61. The summed E-state index contributed by atoms with van der Waals surface area (Å²) >= 11 is 1.19.